The molecule has 2 rings (SSSR count). The van der Waals surface area contributed by atoms with Crippen LogP contribution in [-0.2, 0) is 6.42 Å². The molecule has 0 fully saturated rings. The molecule has 2 N–H and O–H groups in total. The predicted molar refractivity (Wildman–Crippen MR) is 54.9 cm³/mol. The fraction of sp³-hybridized carbons (Fsp3) is 0.400. The zero-order valence-electron chi connectivity index (χ0n) is 7.92. The lowest BCUT2D eigenvalue weighted by molar-refractivity contribution is 0.173. The van der Waals surface area contributed by atoms with Gasteiger partial charge >= 0.3 is 0 Å². The van der Waals surface area contributed by atoms with Crippen molar-refractivity contribution in [1.82, 2.24) is 0 Å². The van der Waals surface area contributed by atoms with E-state index in [9.17, 15) is 0 Å². The molecule has 0 aromatic heterocycles. The summed E-state index contributed by atoms with van der Waals surface area (Å²) in [6.45, 7) is 2.20. The summed E-state index contributed by atoms with van der Waals surface area (Å²) < 4.78 is 10.6. The SMILES string of the molecule is CC(N)Cc1c(Cl)ccc2c1OCO2. The highest BCUT2D eigenvalue weighted by Crippen LogP contribution is 2.39. The van der Waals surface area contributed by atoms with Gasteiger partial charge in [-0.3, -0.25) is 0 Å². The van der Waals surface area contributed by atoms with E-state index in [1.54, 1.807) is 0 Å². The predicted octanol–water partition coefficient (Wildman–Crippen LogP) is 1.96. The molecule has 0 aliphatic carbocycles. The van der Waals surface area contributed by atoms with Crippen LogP contribution in [0.1, 0.15) is 12.5 Å². The molecule has 0 amide bonds. The van der Waals surface area contributed by atoms with Crippen LogP contribution in [0.25, 0.3) is 0 Å². The van der Waals surface area contributed by atoms with Crippen molar-refractivity contribution in [3.8, 4) is 11.5 Å². The lowest BCUT2D eigenvalue weighted by Gasteiger charge is -2.10. The lowest BCUT2D eigenvalue weighted by atomic mass is 10.1. The molecule has 1 aliphatic rings. The third kappa shape index (κ3) is 1.65. The minimum atomic E-state index is 0.0585. The van der Waals surface area contributed by atoms with Crippen molar-refractivity contribution in [2.45, 2.75) is 19.4 Å². The molecule has 1 heterocycles. The molecule has 14 heavy (non-hydrogen) atoms. The highest BCUT2D eigenvalue weighted by Gasteiger charge is 2.20. The minimum Gasteiger partial charge on any atom is -0.454 e. The lowest BCUT2D eigenvalue weighted by Crippen LogP contribution is -2.18. The van der Waals surface area contributed by atoms with E-state index in [1.165, 1.54) is 0 Å². The van der Waals surface area contributed by atoms with E-state index in [-0.39, 0.29) is 12.8 Å². The Morgan fingerprint density at radius 3 is 3.00 bits per heavy atom. The van der Waals surface area contributed by atoms with Gasteiger partial charge in [-0.2, -0.15) is 0 Å². The Kier molecular flexibility index (Phi) is 2.52. The Bertz CT molecular complexity index is 352. The molecule has 0 spiro atoms. The highest BCUT2D eigenvalue weighted by molar-refractivity contribution is 6.31. The van der Waals surface area contributed by atoms with Gasteiger partial charge in [0.15, 0.2) is 11.5 Å². The molecule has 0 bridgehead atoms. The van der Waals surface area contributed by atoms with Gasteiger partial charge in [0, 0.05) is 16.6 Å². The van der Waals surface area contributed by atoms with Crippen molar-refractivity contribution < 1.29 is 9.47 Å². The molecule has 1 unspecified atom stereocenters. The molecule has 1 atom stereocenters. The molecule has 1 aromatic rings. The van der Waals surface area contributed by atoms with Crippen molar-refractivity contribution in [2.75, 3.05) is 6.79 Å². The molecule has 0 saturated heterocycles. The standard InChI is InChI=1S/C10H12ClNO2/c1-6(12)4-7-8(11)2-3-9-10(7)14-5-13-9/h2-3,6H,4-5,12H2,1H3. The van der Waals surface area contributed by atoms with Gasteiger partial charge in [-0.05, 0) is 25.5 Å². The zero-order valence-corrected chi connectivity index (χ0v) is 8.67. The van der Waals surface area contributed by atoms with E-state index in [1.807, 2.05) is 19.1 Å². The smallest absolute Gasteiger partial charge is 0.231 e. The van der Waals surface area contributed by atoms with Crippen molar-refractivity contribution in [2.24, 2.45) is 5.73 Å². The van der Waals surface area contributed by atoms with Crippen LogP contribution in [0.2, 0.25) is 5.02 Å². The first kappa shape index (κ1) is 9.62. The van der Waals surface area contributed by atoms with Crippen molar-refractivity contribution in [1.29, 1.82) is 0 Å². The summed E-state index contributed by atoms with van der Waals surface area (Å²) in [5, 5.41) is 0.687. The molecule has 1 aromatic carbocycles. The van der Waals surface area contributed by atoms with Crippen molar-refractivity contribution >= 4 is 11.6 Å². The fourth-order valence-electron chi connectivity index (χ4n) is 1.52. The third-order valence-corrected chi connectivity index (χ3v) is 2.47. The second kappa shape index (κ2) is 3.67. The Balaban J connectivity index is 2.41. The number of ether oxygens (including phenoxy) is 2. The number of benzene rings is 1. The minimum absolute atomic E-state index is 0.0585. The number of fused-ring (bicyclic) bond motifs is 1. The van der Waals surface area contributed by atoms with E-state index in [4.69, 9.17) is 26.8 Å². The zero-order chi connectivity index (χ0) is 10.1. The van der Waals surface area contributed by atoms with Gasteiger partial charge in [0.1, 0.15) is 0 Å². The van der Waals surface area contributed by atoms with Gasteiger partial charge in [-0.25, -0.2) is 0 Å². The maximum Gasteiger partial charge on any atom is 0.231 e. The van der Waals surface area contributed by atoms with Gasteiger partial charge < -0.3 is 15.2 Å². The molecular formula is C10H12ClNO2. The molecule has 76 valence electrons. The molecular weight excluding hydrogens is 202 g/mol. The number of hydrogen-bond donors (Lipinski definition) is 1. The van der Waals surface area contributed by atoms with E-state index >= 15 is 0 Å². The molecule has 1 aliphatic heterocycles. The fourth-order valence-corrected chi connectivity index (χ4v) is 1.74. The summed E-state index contributed by atoms with van der Waals surface area (Å²) >= 11 is 6.06. The maximum absolute atomic E-state index is 6.06. The van der Waals surface area contributed by atoms with E-state index in [2.05, 4.69) is 0 Å². The number of rotatable bonds is 2. The number of halogens is 1. The van der Waals surface area contributed by atoms with Crippen LogP contribution in [0.15, 0.2) is 12.1 Å². The summed E-state index contributed by atoms with van der Waals surface area (Å²) in [6, 6.07) is 3.69. The molecule has 3 nitrogen and oxygen atoms in total. The summed E-state index contributed by atoms with van der Waals surface area (Å²) in [7, 11) is 0. The number of hydrogen-bond acceptors (Lipinski definition) is 3. The van der Waals surface area contributed by atoms with Crippen LogP contribution >= 0.6 is 11.6 Å². The molecule has 4 heteroatoms. The topological polar surface area (TPSA) is 44.5 Å². The van der Waals surface area contributed by atoms with Gasteiger partial charge in [-0.1, -0.05) is 11.6 Å². The quantitative estimate of drug-likeness (QED) is 0.817. The molecule has 0 radical (unpaired) electrons. The first-order valence-corrected chi connectivity index (χ1v) is 4.89. The third-order valence-electron chi connectivity index (χ3n) is 2.11. The summed E-state index contributed by atoms with van der Waals surface area (Å²) in [4.78, 5) is 0. The van der Waals surface area contributed by atoms with Crippen LogP contribution < -0.4 is 15.2 Å². The summed E-state index contributed by atoms with van der Waals surface area (Å²) in [5.41, 5.74) is 6.67. The summed E-state index contributed by atoms with van der Waals surface area (Å²) in [5.74, 6) is 1.50. The van der Waals surface area contributed by atoms with Crippen molar-refractivity contribution in [3.05, 3.63) is 22.7 Å². The summed E-state index contributed by atoms with van der Waals surface area (Å²) in [6.07, 6.45) is 0.700. The van der Waals surface area contributed by atoms with Crippen LogP contribution in [0.5, 0.6) is 11.5 Å². The van der Waals surface area contributed by atoms with E-state index in [0.717, 1.165) is 17.1 Å². The Morgan fingerprint density at radius 2 is 2.29 bits per heavy atom. The monoisotopic (exact) mass is 213 g/mol. The second-order valence-electron chi connectivity index (χ2n) is 3.44. The van der Waals surface area contributed by atoms with Crippen LogP contribution in [0.4, 0.5) is 0 Å². The average molecular weight is 214 g/mol. The van der Waals surface area contributed by atoms with E-state index < -0.39 is 0 Å². The largest absolute Gasteiger partial charge is 0.454 e. The Morgan fingerprint density at radius 1 is 1.50 bits per heavy atom. The van der Waals surface area contributed by atoms with Gasteiger partial charge in [0.05, 0.1) is 0 Å². The molecule has 0 saturated carbocycles. The normalized spacial score (nSPS) is 15.6. The average Bonchev–Trinajstić information content (AvgIpc) is 2.57. The van der Waals surface area contributed by atoms with Crippen LogP contribution in [-0.4, -0.2) is 12.8 Å². The van der Waals surface area contributed by atoms with E-state index in [0.29, 0.717) is 11.4 Å². The number of nitrogens with two attached hydrogens (primary N) is 1. The van der Waals surface area contributed by atoms with Gasteiger partial charge in [0.2, 0.25) is 6.79 Å². The van der Waals surface area contributed by atoms with Crippen LogP contribution in [0.3, 0.4) is 0 Å². The second-order valence-corrected chi connectivity index (χ2v) is 3.85. The van der Waals surface area contributed by atoms with Crippen molar-refractivity contribution in [3.63, 3.8) is 0 Å². The van der Waals surface area contributed by atoms with Gasteiger partial charge in [-0.15, -0.1) is 0 Å². The Hall–Kier alpha value is -0.930. The van der Waals surface area contributed by atoms with Gasteiger partial charge in [0.25, 0.3) is 0 Å². The Labute approximate surface area is 87.8 Å². The first-order chi connectivity index (χ1) is 6.68. The first-order valence-electron chi connectivity index (χ1n) is 4.51. The van der Waals surface area contributed by atoms with Crippen LogP contribution in [0, 0.1) is 0 Å². The highest BCUT2D eigenvalue weighted by atomic mass is 35.5. The maximum atomic E-state index is 6.06.